The molecule has 1 N–H and O–H groups in total. The van der Waals surface area contributed by atoms with Gasteiger partial charge in [-0.3, -0.25) is 0 Å². The third-order valence-corrected chi connectivity index (χ3v) is 2.60. The van der Waals surface area contributed by atoms with E-state index in [4.69, 9.17) is 16.3 Å². The van der Waals surface area contributed by atoms with Gasteiger partial charge in [0.25, 0.3) is 0 Å². The Kier molecular flexibility index (Phi) is 5.51. The van der Waals surface area contributed by atoms with E-state index < -0.39 is 0 Å². The fourth-order valence-electron chi connectivity index (χ4n) is 1.56. The van der Waals surface area contributed by atoms with Crippen molar-refractivity contribution < 1.29 is 4.74 Å². The Morgan fingerprint density at radius 3 is 2.80 bits per heavy atom. The van der Waals surface area contributed by atoms with E-state index in [2.05, 4.69) is 5.32 Å². The maximum Gasteiger partial charge on any atom is 0.122 e. The summed E-state index contributed by atoms with van der Waals surface area (Å²) in [6.07, 6.45) is 3.34. The minimum atomic E-state index is 0.777. The lowest BCUT2D eigenvalue weighted by Gasteiger charge is -2.08. The van der Waals surface area contributed by atoms with E-state index >= 15 is 0 Å². The van der Waals surface area contributed by atoms with Gasteiger partial charge in [-0.1, -0.05) is 11.6 Å². The molecule has 0 saturated carbocycles. The van der Waals surface area contributed by atoms with Crippen LogP contribution in [0.3, 0.4) is 0 Å². The molecule has 0 heterocycles. The highest BCUT2D eigenvalue weighted by molar-refractivity contribution is 6.30. The van der Waals surface area contributed by atoms with Crippen molar-refractivity contribution in [2.24, 2.45) is 0 Å². The number of methoxy groups -OCH3 is 1. The molecule has 0 saturated heterocycles. The number of nitrogens with one attached hydrogen (secondary N) is 1. The molecule has 0 aliphatic rings. The predicted octanol–water partition coefficient (Wildman–Crippen LogP) is 2.89. The molecule has 0 bridgehead atoms. The van der Waals surface area contributed by atoms with Crippen molar-refractivity contribution in [2.75, 3.05) is 20.7 Å². The highest BCUT2D eigenvalue weighted by atomic mass is 35.5. The lowest BCUT2D eigenvalue weighted by Crippen LogP contribution is -2.07. The van der Waals surface area contributed by atoms with Crippen molar-refractivity contribution in [3.05, 3.63) is 28.8 Å². The summed E-state index contributed by atoms with van der Waals surface area (Å²) in [5.41, 5.74) is 1.20. The highest BCUT2D eigenvalue weighted by Crippen LogP contribution is 2.23. The van der Waals surface area contributed by atoms with E-state index in [1.807, 2.05) is 25.2 Å². The molecule has 0 fully saturated rings. The predicted molar refractivity (Wildman–Crippen MR) is 64.9 cm³/mol. The molecule has 0 amide bonds. The second-order valence-electron chi connectivity index (χ2n) is 3.52. The molecule has 0 aliphatic carbocycles. The second kappa shape index (κ2) is 6.70. The second-order valence-corrected chi connectivity index (χ2v) is 3.95. The van der Waals surface area contributed by atoms with Crippen LogP contribution < -0.4 is 10.1 Å². The Bertz CT molecular complexity index is 302. The normalized spacial score (nSPS) is 10.3. The lowest BCUT2D eigenvalue weighted by atomic mass is 10.1. The van der Waals surface area contributed by atoms with Gasteiger partial charge in [0.15, 0.2) is 0 Å². The minimum absolute atomic E-state index is 0.777. The molecule has 1 aromatic rings. The molecule has 15 heavy (non-hydrogen) atoms. The smallest absolute Gasteiger partial charge is 0.122 e. The zero-order valence-corrected chi connectivity index (χ0v) is 10.1. The number of hydrogen-bond acceptors (Lipinski definition) is 2. The first kappa shape index (κ1) is 12.3. The zero-order valence-electron chi connectivity index (χ0n) is 9.35. The van der Waals surface area contributed by atoms with Gasteiger partial charge in [-0.15, -0.1) is 0 Å². The maximum atomic E-state index is 5.95. The SMILES string of the molecule is CNCCCCc1cc(Cl)ccc1OC. The van der Waals surface area contributed by atoms with Crippen LogP contribution >= 0.6 is 11.6 Å². The van der Waals surface area contributed by atoms with Gasteiger partial charge >= 0.3 is 0 Å². The number of rotatable bonds is 6. The lowest BCUT2D eigenvalue weighted by molar-refractivity contribution is 0.409. The number of halogens is 1. The third-order valence-electron chi connectivity index (χ3n) is 2.37. The van der Waals surface area contributed by atoms with Crippen LogP contribution in [0.15, 0.2) is 18.2 Å². The molecular weight excluding hydrogens is 210 g/mol. The maximum absolute atomic E-state index is 5.95. The van der Waals surface area contributed by atoms with E-state index in [9.17, 15) is 0 Å². The van der Waals surface area contributed by atoms with E-state index in [1.165, 1.54) is 12.0 Å². The van der Waals surface area contributed by atoms with Crippen LogP contribution in [0.25, 0.3) is 0 Å². The molecule has 2 nitrogen and oxygen atoms in total. The van der Waals surface area contributed by atoms with Crippen molar-refractivity contribution in [1.82, 2.24) is 5.32 Å². The quantitative estimate of drug-likeness (QED) is 0.755. The minimum Gasteiger partial charge on any atom is -0.496 e. The topological polar surface area (TPSA) is 21.3 Å². The fraction of sp³-hybridized carbons (Fsp3) is 0.500. The van der Waals surface area contributed by atoms with Crippen LogP contribution in [-0.2, 0) is 6.42 Å². The van der Waals surface area contributed by atoms with Gasteiger partial charge in [-0.2, -0.15) is 0 Å². The largest absolute Gasteiger partial charge is 0.496 e. The van der Waals surface area contributed by atoms with Gasteiger partial charge in [0.1, 0.15) is 5.75 Å². The molecule has 0 unspecified atom stereocenters. The monoisotopic (exact) mass is 227 g/mol. The first-order chi connectivity index (χ1) is 7.27. The van der Waals surface area contributed by atoms with Crippen LogP contribution in [0, 0.1) is 0 Å². The van der Waals surface area contributed by atoms with Crippen LogP contribution in [0.4, 0.5) is 0 Å². The Balaban J connectivity index is 2.54. The van der Waals surface area contributed by atoms with Crippen molar-refractivity contribution in [2.45, 2.75) is 19.3 Å². The molecule has 0 aliphatic heterocycles. The molecular formula is C12H18ClNO. The van der Waals surface area contributed by atoms with Crippen molar-refractivity contribution >= 4 is 11.6 Å². The number of aryl methyl sites for hydroxylation is 1. The van der Waals surface area contributed by atoms with Crippen LogP contribution in [0.1, 0.15) is 18.4 Å². The molecule has 3 heteroatoms. The van der Waals surface area contributed by atoms with Crippen molar-refractivity contribution in [3.63, 3.8) is 0 Å². The average Bonchev–Trinajstić information content (AvgIpc) is 2.25. The van der Waals surface area contributed by atoms with Gasteiger partial charge in [-0.25, -0.2) is 0 Å². The summed E-state index contributed by atoms with van der Waals surface area (Å²) in [5, 5.41) is 3.91. The standard InChI is InChI=1S/C12H18ClNO/c1-14-8-4-3-5-10-9-11(13)6-7-12(10)15-2/h6-7,9,14H,3-5,8H2,1-2H3. The van der Waals surface area contributed by atoms with Crippen molar-refractivity contribution in [1.29, 1.82) is 0 Å². The average molecular weight is 228 g/mol. The Labute approximate surface area is 96.6 Å². The summed E-state index contributed by atoms with van der Waals surface area (Å²) in [4.78, 5) is 0. The molecule has 0 radical (unpaired) electrons. The van der Waals surface area contributed by atoms with Gasteiger partial charge in [0, 0.05) is 5.02 Å². The summed E-state index contributed by atoms with van der Waals surface area (Å²) < 4.78 is 5.28. The number of hydrogen-bond donors (Lipinski definition) is 1. The van der Waals surface area contributed by atoms with E-state index in [0.29, 0.717) is 0 Å². The Hall–Kier alpha value is -0.730. The number of ether oxygens (including phenoxy) is 1. The zero-order chi connectivity index (χ0) is 11.1. The number of benzene rings is 1. The van der Waals surface area contributed by atoms with Crippen molar-refractivity contribution in [3.8, 4) is 5.75 Å². The van der Waals surface area contributed by atoms with E-state index in [0.717, 1.165) is 30.2 Å². The van der Waals surface area contributed by atoms with Crippen LogP contribution in [0.2, 0.25) is 5.02 Å². The summed E-state index contributed by atoms with van der Waals surface area (Å²) in [5.74, 6) is 0.934. The van der Waals surface area contributed by atoms with Gasteiger partial charge < -0.3 is 10.1 Å². The van der Waals surface area contributed by atoms with Gasteiger partial charge in [0.2, 0.25) is 0 Å². The summed E-state index contributed by atoms with van der Waals surface area (Å²) in [7, 11) is 3.67. The fourth-order valence-corrected chi connectivity index (χ4v) is 1.75. The molecule has 0 aromatic heterocycles. The highest BCUT2D eigenvalue weighted by Gasteiger charge is 2.03. The molecule has 0 atom stereocenters. The molecule has 84 valence electrons. The van der Waals surface area contributed by atoms with E-state index in [1.54, 1.807) is 7.11 Å². The molecule has 1 rings (SSSR count). The summed E-state index contributed by atoms with van der Waals surface area (Å²) in [6.45, 7) is 1.06. The van der Waals surface area contributed by atoms with Crippen LogP contribution in [0.5, 0.6) is 5.75 Å². The first-order valence-electron chi connectivity index (χ1n) is 5.25. The van der Waals surface area contributed by atoms with E-state index in [-0.39, 0.29) is 0 Å². The Morgan fingerprint density at radius 1 is 1.33 bits per heavy atom. The van der Waals surface area contributed by atoms with Gasteiger partial charge in [-0.05, 0) is 56.6 Å². The van der Waals surface area contributed by atoms with Gasteiger partial charge in [0.05, 0.1) is 7.11 Å². The van der Waals surface area contributed by atoms with Crippen LogP contribution in [-0.4, -0.2) is 20.7 Å². The molecule has 1 aromatic carbocycles. The number of unbranched alkanes of at least 4 members (excludes halogenated alkanes) is 1. The third kappa shape index (κ3) is 4.10. The summed E-state index contributed by atoms with van der Waals surface area (Å²) in [6, 6.07) is 5.77. The molecule has 0 spiro atoms. The first-order valence-corrected chi connectivity index (χ1v) is 5.62. The summed E-state index contributed by atoms with van der Waals surface area (Å²) >= 11 is 5.95. The Morgan fingerprint density at radius 2 is 2.13 bits per heavy atom.